The predicted octanol–water partition coefficient (Wildman–Crippen LogP) is 4.38. The second kappa shape index (κ2) is 8.98. The van der Waals surface area contributed by atoms with Crippen molar-refractivity contribution >= 4 is 0 Å². The molecule has 6 nitrogen and oxygen atoms in total. The summed E-state index contributed by atoms with van der Waals surface area (Å²) >= 11 is 0. The summed E-state index contributed by atoms with van der Waals surface area (Å²) in [4.78, 5) is 12.6. The minimum Gasteiger partial charge on any atom is -0.493 e. The Balaban J connectivity index is 1.75. The number of rotatable bonds is 7. The summed E-state index contributed by atoms with van der Waals surface area (Å²) in [7, 11) is 1.55. The number of benzene rings is 2. The Bertz CT molecular complexity index is 1060. The number of halogens is 1. The van der Waals surface area contributed by atoms with Gasteiger partial charge in [0.05, 0.1) is 25.6 Å². The SMILES string of the molecule is COc1cc(-n2ncc(COc3ccc(F)cc3)cc2=O)ccc1OCC(C)(C)C. The van der Waals surface area contributed by atoms with Gasteiger partial charge in [0.2, 0.25) is 0 Å². The van der Waals surface area contributed by atoms with Gasteiger partial charge in [-0.1, -0.05) is 20.8 Å². The summed E-state index contributed by atoms with van der Waals surface area (Å²) in [5.41, 5.74) is 0.873. The number of aromatic nitrogens is 2. The average molecular weight is 412 g/mol. The minimum atomic E-state index is -0.336. The molecule has 0 saturated heterocycles. The summed E-state index contributed by atoms with van der Waals surface area (Å²) in [6, 6.07) is 12.4. The molecular formula is C23H25FN2O4. The fourth-order valence-corrected chi connectivity index (χ4v) is 2.62. The monoisotopic (exact) mass is 412 g/mol. The van der Waals surface area contributed by atoms with Crippen molar-refractivity contribution in [2.45, 2.75) is 27.4 Å². The fraction of sp³-hybridized carbons (Fsp3) is 0.304. The molecule has 0 saturated carbocycles. The van der Waals surface area contributed by atoms with E-state index in [0.29, 0.717) is 35.1 Å². The van der Waals surface area contributed by atoms with Gasteiger partial charge in [-0.05, 0) is 41.8 Å². The van der Waals surface area contributed by atoms with Gasteiger partial charge in [0.25, 0.3) is 5.56 Å². The zero-order valence-electron chi connectivity index (χ0n) is 17.5. The molecule has 0 aliphatic rings. The molecule has 3 rings (SSSR count). The van der Waals surface area contributed by atoms with Gasteiger partial charge in [-0.3, -0.25) is 4.79 Å². The van der Waals surface area contributed by atoms with E-state index in [9.17, 15) is 9.18 Å². The molecule has 0 radical (unpaired) electrons. The Morgan fingerprint density at radius 1 is 1.00 bits per heavy atom. The first-order valence-corrected chi connectivity index (χ1v) is 9.53. The Labute approximate surface area is 174 Å². The van der Waals surface area contributed by atoms with Crippen molar-refractivity contribution < 1.29 is 18.6 Å². The first kappa shape index (κ1) is 21.4. The third kappa shape index (κ3) is 5.59. The van der Waals surface area contributed by atoms with Crippen LogP contribution < -0.4 is 19.8 Å². The summed E-state index contributed by atoms with van der Waals surface area (Å²) in [6.45, 7) is 6.93. The van der Waals surface area contributed by atoms with Gasteiger partial charge in [0, 0.05) is 17.7 Å². The van der Waals surface area contributed by atoms with E-state index in [0.717, 1.165) is 0 Å². The van der Waals surface area contributed by atoms with Crippen LogP contribution in [0.2, 0.25) is 0 Å². The second-order valence-corrected chi connectivity index (χ2v) is 8.04. The summed E-state index contributed by atoms with van der Waals surface area (Å²) in [5, 5.41) is 4.23. The van der Waals surface area contributed by atoms with Crippen LogP contribution in [0.4, 0.5) is 4.39 Å². The van der Waals surface area contributed by atoms with Crippen molar-refractivity contribution in [1.82, 2.24) is 9.78 Å². The van der Waals surface area contributed by atoms with E-state index in [1.54, 1.807) is 31.5 Å². The molecule has 0 atom stereocenters. The van der Waals surface area contributed by atoms with Crippen LogP contribution in [0.25, 0.3) is 5.69 Å². The molecule has 0 N–H and O–H groups in total. The number of methoxy groups -OCH3 is 1. The molecule has 0 fully saturated rings. The smallest absolute Gasteiger partial charge is 0.271 e. The lowest BCUT2D eigenvalue weighted by molar-refractivity contribution is 0.191. The zero-order valence-corrected chi connectivity index (χ0v) is 17.5. The number of hydrogen-bond acceptors (Lipinski definition) is 5. The van der Waals surface area contributed by atoms with E-state index in [4.69, 9.17) is 14.2 Å². The van der Waals surface area contributed by atoms with Gasteiger partial charge in [0.15, 0.2) is 11.5 Å². The van der Waals surface area contributed by atoms with Crippen molar-refractivity contribution in [2.75, 3.05) is 13.7 Å². The van der Waals surface area contributed by atoms with Gasteiger partial charge >= 0.3 is 0 Å². The number of nitrogens with zero attached hydrogens (tertiary/aromatic N) is 2. The van der Waals surface area contributed by atoms with Crippen molar-refractivity contribution in [3.8, 4) is 22.9 Å². The van der Waals surface area contributed by atoms with Crippen LogP contribution in [0.15, 0.2) is 59.5 Å². The topological polar surface area (TPSA) is 62.6 Å². The molecule has 158 valence electrons. The fourth-order valence-electron chi connectivity index (χ4n) is 2.62. The Kier molecular flexibility index (Phi) is 6.40. The number of ether oxygens (including phenoxy) is 3. The molecule has 30 heavy (non-hydrogen) atoms. The lowest BCUT2D eigenvalue weighted by atomic mass is 9.99. The van der Waals surface area contributed by atoms with E-state index in [-0.39, 0.29) is 23.4 Å². The third-order valence-electron chi connectivity index (χ3n) is 4.13. The molecule has 0 unspecified atom stereocenters. The highest BCUT2D eigenvalue weighted by molar-refractivity contribution is 5.48. The Morgan fingerprint density at radius 2 is 1.73 bits per heavy atom. The second-order valence-electron chi connectivity index (χ2n) is 8.04. The van der Waals surface area contributed by atoms with Crippen molar-refractivity contribution in [3.63, 3.8) is 0 Å². The molecule has 0 amide bonds. The molecular weight excluding hydrogens is 387 g/mol. The van der Waals surface area contributed by atoms with Crippen molar-refractivity contribution in [2.24, 2.45) is 5.41 Å². The zero-order chi connectivity index (χ0) is 21.7. The Morgan fingerprint density at radius 3 is 2.37 bits per heavy atom. The van der Waals surface area contributed by atoms with E-state index < -0.39 is 0 Å². The van der Waals surface area contributed by atoms with Crippen LogP contribution in [0.3, 0.4) is 0 Å². The van der Waals surface area contributed by atoms with Gasteiger partial charge in [-0.25, -0.2) is 4.39 Å². The van der Waals surface area contributed by atoms with Crippen molar-refractivity contribution in [3.05, 3.63) is 76.5 Å². The number of hydrogen-bond donors (Lipinski definition) is 0. The summed E-state index contributed by atoms with van der Waals surface area (Å²) in [5.74, 6) is 1.30. The highest BCUT2D eigenvalue weighted by Gasteiger charge is 2.14. The third-order valence-corrected chi connectivity index (χ3v) is 4.13. The average Bonchev–Trinajstić information content (AvgIpc) is 2.71. The predicted molar refractivity (Wildman–Crippen MR) is 112 cm³/mol. The van der Waals surface area contributed by atoms with Crippen LogP contribution in [-0.4, -0.2) is 23.5 Å². The molecule has 1 aromatic heterocycles. The van der Waals surface area contributed by atoms with Gasteiger partial charge in [0.1, 0.15) is 18.2 Å². The largest absolute Gasteiger partial charge is 0.493 e. The molecule has 0 aliphatic carbocycles. The summed E-state index contributed by atoms with van der Waals surface area (Å²) in [6.07, 6.45) is 1.56. The minimum absolute atomic E-state index is 0.00793. The normalized spacial score (nSPS) is 11.2. The molecule has 7 heteroatoms. The maximum absolute atomic E-state index is 13.0. The van der Waals surface area contributed by atoms with Gasteiger partial charge < -0.3 is 14.2 Å². The van der Waals surface area contributed by atoms with Crippen molar-refractivity contribution in [1.29, 1.82) is 0 Å². The maximum atomic E-state index is 13.0. The lowest BCUT2D eigenvalue weighted by Crippen LogP contribution is -2.21. The molecule has 0 spiro atoms. The van der Waals surface area contributed by atoms with Crippen LogP contribution in [0, 0.1) is 11.2 Å². The molecule has 3 aromatic rings. The van der Waals surface area contributed by atoms with Crippen LogP contribution in [0.1, 0.15) is 26.3 Å². The molecule has 0 aliphatic heterocycles. The molecule has 0 bridgehead atoms. The lowest BCUT2D eigenvalue weighted by Gasteiger charge is -2.20. The quantitative estimate of drug-likeness (QED) is 0.576. The Hall–Kier alpha value is -3.35. The standard InChI is InChI=1S/C23H25FN2O4/c1-23(2,3)15-30-20-10-7-18(12-21(20)28-4)26-22(27)11-16(13-25-26)14-29-19-8-5-17(24)6-9-19/h5-13H,14-15H2,1-4H3. The van der Waals surface area contributed by atoms with E-state index >= 15 is 0 Å². The summed E-state index contributed by atoms with van der Waals surface area (Å²) < 4.78 is 31.1. The van der Waals surface area contributed by atoms with E-state index in [1.165, 1.54) is 35.0 Å². The maximum Gasteiger partial charge on any atom is 0.271 e. The molecule has 1 heterocycles. The first-order valence-electron chi connectivity index (χ1n) is 9.53. The van der Waals surface area contributed by atoms with Crippen LogP contribution in [-0.2, 0) is 6.61 Å². The van der Waals surface area contributed by atoms with Crippen LogP contribution in [0.5, 0.6) is 17.2 Å². The molecule has 2 aromatic carbocycles. The van der Waals surface area contributed by atoms with Gasteiger partial charge in [-0.15, -0.1) is 0 Å². The highest BCUT2D eigenvalue weighted by Crippen LogP contribution is 2.30. The van der Waals surface area contributed by atoms with E-state index in [2.05, 4.69) is 25.9 Å². The van der Waals surface area contributed by atoms with Crippen LogP contribution >= 0.6 is 0 Å². The van der Waals surface area contributed by atoms with Gasteiger partial charge in [-0.2, -0.15) is 9.78 Å². The highest BCUT2D eigenvalue weighted by atomic mass is 19.1. The van der Waals surface area contributed by atoms with E-state index in [1.807, 2.05) is 0 Å². The first-order chi connectivity index (χ1) is 14.2.